The fourth-order valence-corrected chi connectivity index (χ4v) is 6.33. The molecule has 0 aliphatic carbocycles. The Morgan fingerprint density at radius 1 is 1.10 bits per heavy atom. The Balaban J connectivity index is 1.62. The number of rotatable bonds is 9. The number of hydrogen-bond donors (Lipinski definition) is 2. The van der Waals surface area contributed by atoms with E-state index in [4.69, 9.17) is 27.9 Å². The molecule has 1 aliphatic heterocycles. The number of benzene rings is 3. The van der Waals surface area contributed by atoms with Gasteiger partial charge in [0.25, 0.3) is 10.0 Å². The van der Waals surface area contributed by atoms with Crippen LogP contribution in [0.1, 0.15) is 30.5 Å². The lowest BCUT2D eigenvalue weighted by Crippen LogP contribution is -2.47. The molecule has 3 atom stereocenters. The second-order valence-electron chi connectivity index (χ2n) is 11.1. The number of fused-ring (bicyclic) bond motifs is 1. The number of amides is 1. The monoisotopic (exact) mass is 633 g/mol. The van der Waals surface area contributed by atoms with Crippen LogP contribution in [0.4, 0.5) is 5.69 Å². The van der Waals surface area contributed by atoms with Gasteiger partial charge < -0.3 is 14.7 Å². The maximum Gasteiger partial charge on any atom is 0.261 e. The third kappa shape index (κ3) is 7.96. The van der Waals surface area contributed by atoms with Gasteiger partial charge in [-0.2, -0.15) is 0 Å². The number of carbonyl (C=O) groups excluding carboxylic acids is 1. The second-order valence-corrected chi connectivity index (χ2v) is 13.6. The van der Waals surface area contributed by atoms with E-state index >= 15 is 0 Å². The van der Waals surface area contributed by atoms with Gasteiger partial charge in [0.2, 0.25) is 5.91 Å². The molecule has 1 amide bonds. The maximum atomic E-state index is 13.5. The molecule has 3 aromatic rings. The Labute approximate surface area is 258 Å². The van der Waals surface area contributed by atoms with Gasteiger partial charge in [0.15, 0.2) is 0 Å². The largest absolute Gasteiger partial charge is 0.488 e. The molecule has 8 nitrogen and oxygen atoms in total. The number of nitrogens with zero attached hydrogens (tertiary/aromatic N) is 2. The van der Waals surface area contributed by atoms with E-state index in [1.165, 1.54) is 0 Å². The molecule has 11 heteroatoms. The van der Waals surface area contributed by atoms with Crippen LogP contribution in [0.25, 0.3) is 0 Å². The molecule has 0 saturated carbocycles. The van der Waals surface area contributed by atoms with E-state index in [0.717, 1.165) is 11.1 Å². The van der Waals surface area contributed by atoms with E-state index in [0.29, 0.717) is 46.7 Å². The zero-order valence-corrected chi connectivity index (χ0v) is 26.5. The molecule has 226 valence electrons. The molecular weight excluding hydrogens is 597 g/mol. The minimum Gasteiger partial charge on any atom is -0.488 e. The van der Waals surface area contributed by atoms with Crippen LogP contribution >= 0.6 is 23.2 Å². The van der Waals surface area contributed by atoms with Crippen LogP contribution in [0.15, 0.2) is 65.6 Å². The van der Waals surface area contributed by atoms with Crippen molar-refractivity contribution < 1.29 is 23.1 Å². The van der Waals surface area contributed by atoms with Crippen molar-refractivity contribution in [2.24, 2.45) is 5.92 Å². The first kappa shape index (κ1) is 32.1. The molecule has 0 aromatic heterocycles. The highest BCUT2D eigenvalue weighted by Crippen LogP contribution is 2.30. The molecule has 0 bridgehead atoms. The van der Waals surface area contributed by atoms with E-state index in [2.05, 4.69) is 9.62 Å². The van der Waals surface area contributed by atoms with Crippen LogP contribution in [-0.4, -0.2) is 68.1 Å². The highest BCUT2D eigenvalue weighted by molar-refractivity contribution is 7.92. The summed E-state index contributed by atoms with van der Waals surface area (Å²) in [6.07, 6.45) is -0.316. The molecule has 0 fully saturated rings. The summed E-state index contributed by atoms with van der Waals surface area (Å²) in [5, 5.41) is 10.9. The van der Waals surface area contributed by atoms with E-state index in [-0.39, 0.29) is 41.9 Å². The lowest BCUT2D eigenvalue weighted by atomic mass is 10.0. The smallest absolute Gasteiger partial charge is 0.261 e. The first-order valence-electron chi connectivity index (χ1n) is 13.8. The van der Waals surface area contributed by atoms with Crippen molar-refractivity contribution in [2.45, 2.75) is 50.8 Å². The van der Waals surface area contributed by atoms with Gasteiger partial charge in [0, 0.05) is 36.8 Å². The summed E-state index contributed by atoms with van der Waals surface area (Å²) in [5.74, 6) is 0.265. The number of likely N-dealkylation sites (N-methyl/N-ethyl adjacent to an activating group) is 1. The Bertz CT molecular complexity index is 1520. The Kier molecular flexibility index (Phi) is 10.4. The predicted octanol–water partition coefficient (Wildman–Crippen LogP) is 5.38. The van der Waals surface area contributed by atoms with E-state index in [1.807, 2.05) is 40.0 Å². The van der Waals surface area contributed by atoms with Gasteiger partial charge in [-0.25, -0.2) is 8.42 Å². The summed E-state index contributed by atoms with van der Waals surface area (Å²) in [4.78, 5) is 17.4. The number of carbonyl (C=O) groups is 1. The van der Waals surface area contributed by atoms with Crippen LogP contribution in [0.3, 0.4) is 0 Å². The van der Waals surface area contributed by atoms with Crippen molar-refractivity contribution in [3.8, 4) is 5.75 Å². The van der Waals surface area contributed by atoms with E-state index < -0.39 is 10.0 Å². The summed E-state index contributed by atoms with van der Waals surface area (Å²) >= 11 is 12.3. The quantitative estimate of drug-likeness (QED) is 0.328. The molecule has 42 heavy (non-hydrogen) atoms. The lowest BCUT2D eigenvalue weighted by molar-refractivity contribution is -0.134. The Hall–Kier alpha value is -2.82. The van der Waals surface area contributed by atoms with Gasteiger partial charge in [-0.1, -0.05) is 53.9 Å². The number of aliphatic hydroxyl groups is 1. The minimum atomic E-state index is -3.84. The number of anilines is 1. The normalized spacial score (nSPS) is 18.5. The topological polar surface area (TPSA) is 99.2 Å². The molecular formula is C31H37Cl2N3O5S. The third-order valence-electron chi connectivity index (χ3n) is 7.43. The van der Waals surface area contributed by atoms with E-state index in [1.54, 1.807) is 53.4 Å². The Morgan fingerprint density at radius 2 is 1.81 bits per heavy atom. The van der Waals surface area contributed by atoms with Crippen molar-refractivity contribution >= 4 is 44.8 Å². The summed E-state index contributed by atoms with van der Waals surface area (Å²) in [6, 6.07) is 16.7. The van der Waals surface area contributed by atoms with Crippen molar-refractivity contribution in [1.82, 2.24) is 9.80 Å². The van der Waals surface area contributed by atoms with Crippen molar-refractivity contribution in [1.29, 1.82) is 0 Å². The molecule has 0 spiro atoms. The molecule has 2 N–H and O–H groups in total. The van der Waals surface area contributed by atoms with Crippen LogP contribution in [0, 0.1) is 12.8 Å². The molecule has 4 rings (SSSR count). The first-order valence-corrected chi connectivity index (χ1v) is 16.0. The maximum absolute atomic E-state index is 13.5. The van der Waals surface area contributed by atoms with Crippen LogP contribution < -0.4 is 9.46 Å². The molecule has 0 unspecified atom stereocenters. The van der Waals surface area contributed by atoms with Crippen LogP contribution in [-0.2, 0) is 27.8 Å². The fourth-order valence-electron chi connectivity index (χ4n) is 4.96. The zero-order valence-electron chi connectivity index (χ0n) is 24.2. The summed E-state index contributed by atoms with van der Waals surface area (Å²) in [5.41, 5.74) is 2.84. The van der Waals surface area contributed by atoms with Gasteiger partial charge in [-0.3, -0.25) is 14.4 Å². The third-order valence-corrected chi connectivity index (χ3v) is 9.56. The number of sulfonamides is 1. The number of nitrogens with one attached hydrogen (secondary N) is 1. The van der Waals surface area contributed by atoms with Crippen molar-refractivity contribution in [3.63, 3.8) is 0 Å². The van der Waals surface area contributed by atoms with Gasteiger partial charge in [-0.15, -0.1) is 0 Å². The predicted molar refractivity (Wildman–Crippen MR) is 167 cm³/mol. The van der Waals surface area contributed by atoms with E-state index in [9.17, 15) is 18.3 Å². The average Bonchev–Trinajstić information content (AvgIpc) is 2.98. The Morgan fingerprint density at radius 3 is 2.48 bits per heavy atom. The number of ether oxygens (including phenoxy) is 1. The number of aliphatic hydroxyl groups excluding tert-OH is 1. The van der Waals surface area contributed by atoms with Crippen LogP contribution in [0.5, 0.6) is 5.75 Å². The van der Waals surface area contributed by atoms with Crippen molar-refractivity contribution in [3.05, 3.63) is 87.4 Å². The molecule has 1 aliphatic rings. The number of hydrogen-bond acceptors (Lipinski definition) is 6. The standard InChI is InChI=1S/C31H37Cl2N3O5S/c1-20-5-9-26(10-6-20)42(39,40)34-25-8-12-29-24(14-25)15-31(38)36(22(3)19-37)16-21(2)30(41-29)18-35(4)17-23-7-11-27(32)28(33)13-23/h5-14,21-22,30,34,37H,15-19H2,1-4H3/t21-,22+,30-/m0/s1. The fraction of sp³-hybridized carbons (Fsp3) is 0.387. The minimum absolute atomic E-state index is 0.00166. The number of halogens is 2. The average molecular weight is 635 g/mol. The zero-order chi connectivity index (χ0) is 30.6. The van der Waals surface area contributed by atoms with Gasteiger partial charge in [0.1, 0.15) is 11.9 Å². The molecule has 1 heterocycles. The molecule has 3 aromatic carbocycles. The van der Waals surface area contributed by atoms with Gasteiger partial charge >= 0.3 is 0 Å². The highest BCUT2D eigenvalue weighted by atomic mass is 35.5. The second kappa shape index (κ2) is 13.7. The summed E-state index contributed by atoms with van der Waals surface area (Å²) in [7, 11) is -1.86. The SMILES string of the molecule is Cc1ccc(S(=O)(=O)Nc2ccc3c(c2)CC(=O)N([C@H](C)CO)C[C@H](C)[C@H](CN(C)Cc2ccc(Cl)c(Cl)c2)O3)cc1. The summed E-state index contributed by atoms with van der Waals surface area (Å²) < 4.78 is 35.3. The van der Waals surface area contributed by atoms with Crippen LogP contribution in [0.2, 0.25) is 10.0 Å². The first-order chi connectivity index (χ1) is 19.9. The number of aryl methyl sites for hydroxylation is 1. The van der Waals surface area contributed by atoms with Crippen molar-refractivity contribution in [2.75, 3.05) is 31.5 Å². The molecule has 0 radical (unpaired) electrons. The lowest BCUT2D eigenvalue weighted by Gasteiger charge is -2.34. The summed E-state index contributed by atoms with van der Waals surface area (Å²) in [6.45, 7) is 7.08. The molecule has 0 saturated heterocycles. The van der Waals surface area contributed by atoms with Gasteiger partial charge in [0.05, 0.1) is 34.0 Å². The van der Waals surface area contributed by atoms with Gasteiger partial charge in [-0.05, 0) is 68.9 Å². The highest BCUT2D eigenvalue weighted by Gasteiger charge is 2.31.